The number of amides is 1. The lowest BCUT2D eigenvalue weighted by molar-refractivity contribution is 0.0788. The van der Waals surface area contributed by atoms with E-state index in [4.69, 9.17) is 23.2 Å². The fourth-order valence-electron chi connectivity index (χ4n) is 1.80. The van der Waals surface area contributed by atoms with E-state index >= 15 is 0 Å². The van der Waals surface area contributed by atoms with Crippen molar-refractivity contribution in [1.29, 1.82) is 0 Å². The van der Waals surface area contributed by atoms with Crippen LogP contribution in [0, 0.1) is 5.82 Å². The molecule has 1 amide bonds. The van der Waals surface area contributed by atoms with E-state index in [1.807, 2.05) is 0 Å². The van der Waals surface area contributed by atoms with Gasteiger partial charge in [-0.1, -0.05) is 23.2 Å². The van der Waals surface area contributed by atoms with Crippen LogP contribution >= 0.6 is 23.2 Å². The third-order valence-corrected chi connectivity index (χ3v) is 3.46. The van der Waals surface area contributed by atoms with Gasteiger partial charge in [-0.05, 0) is 25.0 Å². The monoisotopic (exact) mass is 261 g/mol. The van der Waals surface area contributed by atoms with Gasteiger partial charge in [-0.25, -0.2) is 4.39 Å². The third kappa shape index (κ3) is 2.02. The molecule has 0 saturated carbocycles. The van der Waals surface area contributed by atoms with Crippen LogP contribution in [0.2, 0.25) is 10.0 Å². The molecule has 0 bridgehead atoms. The van der Waals surface area contributed by atoms with Crippen LogP contribution in [0.1, 0.15) is 23.2 Å². The maximum absolute atomic E-state index is 13.5. The molecule has 0 aromatic heterocycles. The second kappa shape index (κ2) is 4.60. The summed E-state index contributed by atoms with van der Waals surface area (Å²) in [6.45, 7) is 1.31. The van der Waals surface area contributed by atoms with Gasteiger partial charge in [0.05, 0.1) is 15.6 Å². The summed E-state index contributed by atoms with van der Waals surface area (Å²) in [6.07, 6.45) is 1.90. The van der Waals surface area contributed by atoms with Gasteiger partial charge in [0.15, 0.2) is 0 Å². The van der Waals surface area contributed by atoms with Gasteiger partial charge in [-0.3, -0.25) is 4.79 Å². The van der Waals surface area contributed by atoms with Gasteiger partial charge in [0.2, 0.25) is 0 Å². The predicted octanol–water partition coefficient (Wildman–Crippen LogP) is 3.37. The smallest absolute Gasteiger partial charge is 0.258 e. The maximum atomic E-state index is 13.5. The Morgan fingerprint density at radius 2 is 1.88 bits per heavy atom. The average molecular weight is 262 g/mol. The number of likely N-dealkylation sites (tertiary alicyclic amines) is 1. The van der Waals surface area contributed by atoms with Crippen molar-refractivity contribution in [2.75, 3.05) is 13.1 Å². The SMILES string of the molecule is O=C(c1c(F)ccc(Cl)c1Cl)N1CCCC1. The molecule has 0 N–H and O–H groups in total. The van der Waals surface area contributed by atoms with Crippen molar-refractivity contribution < 1.29 is 9.18 Å². The van der Waals surface area contributed by atoms with Crippen LogP contribution in [0.5, 0.6) is 0 Å². The third-order valence-electron chi connectivity index (χ3n) is 2.65. The zero-order valence-electron chi connectivity index (χ0n) is 8.47. The van der Waals surface area contributed by atoms with E-state index in [-0.39, 0.29) is 21.5 Å². The van der Waals surface area contributed by atoms with Crippen LogP contribution in [0.15, 0.2) is 12.1 Å². The molecule has 1 fully saturated rings. The lowest BCUT2D eigenvalue weighted by Crippen LogP contribution is -2.28. The summed E-state index contributed by atoms with van der Waals surface area (Å²) in [7, 11) is 0. The second-order valence-electron chi connectivity index (χ2n) is 3.72. The first-order valence-electron chi connectivity index (χ1n) is 5.04. The molecule has 16 heavy (non-hydrogen) atoms. The normalized spacial score (nSPS) is 15.6. The molecule has 1 aliphatic heterocycles. The fourth-order valence-corrected chi connectivity index (χ4v) is 2.19. The standard InChI is InChI=1S/C11H10Cl2FNO/c12-7-3-4-8(14)9(10(7)13)11(16)15-5-1-2-6-15/h3-4H,1-2,5-6H2. The zero-order valence-corrected chi connectivity index (χ0v) is 9.98. The van der Waals surface area contributed by atoms with Crippen molar-refractivity contribution in [2.24, 2.45) is 0 Å². The number of rotatable bonds is 1. The Labute approximate surface area is 103 Å². The highest BCUT2D eigenvalue weighted by molar-refractivity contribution is 6.43. The van der Waals surface area contributed by atoms with Crippen molar-refractivity contribution in [3.05, 3.63) is 33.6 Å². The first-order chi connectivity index (χ1) is 7.61. The summed E-state index contributed by atoms with van der Waals surface area (Å²) < 4.78 is 13.5. The molecule has 0 unspecified atom stereocenters. The van der Waals surface area contributed by atoms with Crippen LogP contribution in [-0.4, -0.2) is 23.9 Å². The summed E-state index contributed by atoms with van der Waals surface area (Å²) in [4.78, 5) is 13.6. The Hall–Kier alpha value is -0.800. The highest BCUT2D eigenvalue weighted by atomic mass is 35.5. The fraction of sp³-hybridized carbons (Fsp3) is 0.364. The lowest BCUT2D eigenvalue weighted by Gasteiger charge is -2.16. The first kappa shape index (κ1) is 11.7. The molecule has 0 aliphatic carbocycles. The van der Waals surface area contributed by atoms with E-state index in [2.05, 4.69) is 0 Å². The Morgan fingerprint density at radius 1 is 1.25 bits per heavy atom. The number of hydrogen-bond acceptors (Lipinski definition) is 1. The van der Waals surface area contributed by atoms with Crippen molar-refractivity contribution in [2.45, 2.75) is 12.8 Å². The summed E-state index contributed by atoms with van der Waals surface area (Å²) in [5.41, 5.74) is -0.115. The van der Waals surface area contributed by atoms with Gasteiger partial charge < -0.3 is 4.90 Å². The molecule has 5 heteroatoms. The summed E-state index contributed by atoms with van der Waals surface area (Å²) in [5, 5.41) is 0.198. The number of nitrogens with zero attached hydrogens (tertiary/aromatic N) is 1. The van der Waals surface area contributed by atoms with Crippen LogP contribution in [0.25, 0.3) is 0 Å². The van der Waals surface area contributed by atoms with Gasteiger partial charge in [-0.2, -0.15) is 0 Å². The molecule has 1 saturated heterocycles. The number of carbonyl (C=O) groups excluding carboxylic acids is 1. The van der Waals surface area contributed by atoms with E-state index in [0.717, 1.165) is 18.9 Å². The average Bonchev–Trinajstić information content (AvgIpc) is 2.77. The van der Waals surface area contributed by atoms with E-state index in [0.29, 0.717) is 13.1 Å². The summed E-state index contributed by atoms with van der Waals surface area (Å²) >= 11 is 11.6. The molecule has 1 heterocycles. The van der Waals surface area contributed by atoms with Crippen molar-refractivity contribution >= 4 is 29.1 Å². The topological polar surface area (TPSA) is 20.3 Å². The summed E-state index contributed by atoms with van der Waals surface area (Å²) in [5.74, 6) is -0.992. The minimum Gasteiger partial charge on any atom is -0.339 e. The van der Waals surface area contributed by atoms with Crippen molar-refractivity contribution in [1.82, 2.24) is 4.90 Å². The molecule has 0 radical (unpaired) electrons. The molecule has 0 atom stereocenters. The van der Waals surface area contributed by atoms with E-state index in [1.165, 1.54) is 6.07 Å². The van der Waals surface area contributed by atoms with Gasteiger partial charge in [-0.15, -0.1) is 0 Å². The highest BCUT2D eigenvalue weighted by Crippen LogP contribution is 2.29. The molecular weight excluding hydrogens is 252 g/mol. The molecule has 2 nitrogen and oxygen atoms in total. The van der Waals surface area contributed by atoms with E-state index in [1.54, 1.807) is 4.90 Å². The Morgan fingerprint density at radius 3 is 2.50 bits per heavy atom. The van der Waals surface area contributed by atoms with Crippen LogP contribution in [0.3, 0.4) is 0 Å². The number of hydrogen-bond donors (Lipinski definition) is 0. The number of carbonyl (C=O) groups is 1. The van der Waals surface area contributed by atoms with E-state index in [9.17, 15) is 9.18 Å². The second-order valence-corrected chi connectivity index (χ2v) is 4.50. The van der Waals surface area contributed by atoms with E-state index < -0.39 is 5.82 Å². The van der Waals surface area contributed by atoms with Crippen LogP contribution in [0.4, 0.5) is 4.39 Å². The predicted molar refractivity (Wildman–Crippen MR) is 61.6 cm³/mol. The minimum absolute atomic E-state index is 0.00133. The van der Waals surface area contributed by atoms with Gasteiger partial charge in [0, 0.05) is 13.1 Å². The van der Waals surface area contributed by atoms with Crippen LogP contribution in [-0.2, 0) is 0 Å². The Kier molecular flexibility index (Phi) is 3.36. The molecular formula is C11H10Cl2FNO. The minimum atomic E-state index is -0.619. The lowest BCUT2D eigenvalue weighted by atomic mass is 10.2. The number of halogens is 3. The van der Waals surface area contributed by atoms with Gasteiger partial charge >= 0.3 is 0 Å². The van der Waals surface area contributed by atoms with Crippen LogP contribution < -0.4 is 0 Å². The maximum Gasteiger partial charge on any atom is 0.258 e. The molecule has 1 aromatic carbocycles. The van der Waals surface area contributed by atoms with Gasteiger partial charge in [0.1, 0.15) is 5.82 Å². The molecule has 2 rings (SSSR count). The molecule has 86 valence electrons. The highest BCUT2D eigenvalue weighted by Gasteiger charge is 2.25. The Balaban J connectivity index is 2.39. The molecule has 1 aliphatic rings. The van der Waals surface area contributed by atoms with Crippen molar-refractivity contribution in [3.63, 3.8) is 0 Å². The number of benzene rings is 1. The summed E-state index contributed by atoms with van der Waals surface area (Å²) in [6, 6.07) is 2.51. The molecule has 1 aromatic rings. The van der Waals surface area contributed by atoms with Gasteiger partial charge in [0.25, 0.3) is 5.91 Å². The first-order valence-corrected chi connectivity index (χ1v) is 5.79. The largest absolute Gasteiger partial charge is 0.339 e. The Bertz CT molecular complexity index is 430. The molecule has 0 spiro atoms. The quantitative estimate of drug-likeness (QED) is 0.710. The zero-order chi connectivity index (χ0) is 11.7. The van der Waals surface area contributed by atoms with Crippen molar-refractivity contribution in [3.8, 4) is 0 Å².